The molecule has 1 aromatic rings. The van der Waals surface area contributed by atoms with Crippen molar-refractivity contribution in [2.75, 3.05) is 20.1 Å². The molecule has 1 fully saturated rings. The van der Waals surface area contributed by atoms with Gasteiger partial charge in [0.1, 0.15) is 0 Å². The van der Waals surface area contributed by atoms with Crippen molar-refractivity contribution in [3.8, 4) is 0 Å². The number of carbonyl (C=O) groups excluding carboxylic acids is 1. The van der Waals surface area contributed by atoms with Gasteiger partial charge in [0.2, 0.25) is 0 Å². The number of amides is 2. The average Bonchev–Trinajstić information content (AvgIpc) is 2.66. The monoisotopic (exact) mass is 247 g/mol. The molecule has 2 atom stereocenters. The van der Waals surface area contributed by atoms with Crippen LogP contribution < -0.4 is 5.73 Å². The minimum atomic E-state index is 0.0689. The third-order valence-electron chi connectivity index (χ3n) is 3.68. The van der Waals surface area contributed by atoms with Gasteiger partial charge in [0.05, 0.1) is 6.04 Å². The van der Waals surface area contributed by atoms with Gasteiger partial charge in [-0.25, -0.2) is 4.79 Å². The second-order valence-corrected chi connectivity index (χ2v) is 5.06. The first-order valence-corrected chi connectivity index (χ1v) is 6.34. The summed E-state index contributed by atoms with van der Waals surface area (Å²) in [5, 5.41) is 0. The summed E-state index contributed by atoms with van der Waals surface area (Å²) in [6, 6.07) is 8.63. The first-order chi connectivity index (χ1) is 8.54. The van der Waals surface area contributed by atoms with Crippen molar-refractivity contribution in [2.24, 2.45) is 5.73 Å². The zero-order valence-corrected chi connectivity index (χ0v) is 11.3. The van der Waals surface area contributed by atoms with Crippen molar-refractivity contribution >= 4 is 6.03 Å². The maximum absolute atomic E-state index is 12.2. The molecule has 1 aliphatic heterocycles. The summed E-state index contributed by atoms with van der Waals surface area (Å²) in [5.41, 5.74) is 8.07. The molecular weight excluding hydrogens is 226 g/mol. The highest BCUT2D eigenvalue weighted by Gasteiger charge is 2.37. The van der Waals surface area contributed by atoms with Gasteiger partial charge in [-0.05, 0) is 19.4 Å². The Balaban J connectivity index is 2.23. The molecule has 98 valence electrons. The number of hydrogen-bond acceptors (Lipinski definition) is 2. The third kappa shape index (κ3) is 2.20. The Labute approximate surface area is 108 Å². The Morgan fingerprint density at radius 1 is 1.50 bits per heavy atom. The number of nitrogens with zero attached hydrogens (tertiary/aromatic N) is 2. The smallest absolute Gasteiger partial charge is 0.320 e. The van der Waals surface area contributed by atoms with E-state index in [1.165, 1.54) is 11.1 Å². The van der Waals surface area contributed by atoms with Gasteiger partial charge in [0.25, 0.3) is 0 Å². The molecule has 0 spiro atoms. The van der Waals surface area contributed by atoms with Crippen molar-refractivity contribution in [1.82, 2.24) is 9.80 Å². The number of likely N-dealkylation sites (N-methyl/N-ethyl adjacent to an activating group) is 1. The molecule has 0 aromatic heterocycles. The summed E-state index contributed by atoms with van der Waals surface area (Å²) in [4.78, 5) is 15.8. The van der Waals surface area contributed by atoms with Gasteiger partial charge in [-0.15, -0.1) is 0 Å². The molecule has 1 aromatic carbocycles. The lowest BCUT2D eigenvalue weighted by atomic mass is 10.0. The fourth-order valence-electron chi connectivity index (χ4n) is 2.42. The van der Waals surface area contributed by atoms with Crippen LogP contribution in [0.4, 0.5) is 4.79 Å². The minimum Gasteiger partial charge on any atom is -0.328 e. The molecule has 4 nitrogen and oxygen atoms in total. The van der Waals surface area contributed by atoms with E-state index in [0.29, 0.717) is 6.54 Å². The molecule has 1 aliphatic rings. The van der Waals surface area contributed by atoms with Crippen LogP contribution in [-0.4, -0.2) is 42.0 Å². The van der Waals surface area contributed by atoms with Crippen molar-refractivity contribution in [3.05, 3.63) is 35.4 Å². The molecule has 1 saturated heterocycles. The van der Waals surface area contributed by atoms with E-state index >= 15 is 0 Å². The summed E-state index contributed by atoms with van der Waals surface area (Å²) < 4.78 is 0. The van der Waals surface area contributed by atoms with E-state index in [0.717, 1.165) is 6.54 Å². The topological polar surface area (TPSA) is 49.6 Å². The van der Waals surface area contributed by atoms with E-state index in [1.807, 2.05) is 24.9 Å². The molecule has 2 amide bonds. The van der Waals surface area contributed by atoms with Crippen LogP contribution in [0.15, 0.2) is 24.3 Å². The second-order valence-electron chi connectivity index (χ2n) is 5.06. The zero-order chi connectivity index (χ0) is 13.3. The predicted molar refractivity (Wildman–Crippen MR) is 72.3 cm³/mol. The molecule has 1 heterocycles. The normalized spacial score (nSPS) is 21.6. The van der Waals surface area contributed by atoms with E-state index in [9.17, 15) is 4.79 Å². The molecule has 0 saturated carbocycles. The lowest BCUT2D eigenvalue weighted by molar-refractivity contribution is 0.185. The van der Waals surface area contributed by atoms with E-state index in [2.05, 4.69) is 25.1 Å². The maximum Gasteiger partial charge on any atom is 0.320 e. The highest BCUT2D eigenvalue weighted by Crippen LogP contribution is 2.29. The highest BCUT2D eigenvalue weighted by molar-refractivity contribution is 5.77. The van der Waals surface area contributed by atoms with Gasteiger partial charge in [0, 0.05) is 26.2 Å². The molecule has 4 heteroatoms. The highest BCUT2D eigenvalue weighted by atomic mass is 16.2. The van der Waals surface area contributed by atoms with Crippen LogP contribution in [0.5, 0.6) is 0 Å². The third-order valence-corrected chi connectivity index (χ3v) is 3.68. The molecular formula is C14H21N3O. The fraction of sp³-hybridized carbons (Fsp3) is 0.500. The van der Waals surface area contributed by atoms with Crippen molar-refractivity contribution in [1.29, 1.82) is 0 Å². The number of carbonyl (C=O) groups is 1. The van der Waals surface area contributed by atoms with E-state index in [-0.39, 0.29) is 18.1 Å². The molecule has 2 rings (SSSR count). The van der Waals surface area contributed by atoms with Gasteiger partial charge in [-0.1, -0.05) is 29.8 Å². The molecule has 2 N–H and O–H groups in total. The number of benzene rings is 1. The Morgan fingerprint density at radius 3 is 2.83 bits per heavy atom. The predicted octanol–water partition coefficient (Wildman–Crippen LogP) is 1.75. The SMILES string of the molecule is Cc1cccc(C2CN(C(C)CN)C(=O)N2C)c1. The summed E-state index contributed by atoms with van der Waals surface area (Å²) in [6.07, 6.45) is 0. The summed E-state index contributed by atoms with van der Waals surface area (Å²) in [7, 11) is 1.86. The van der Waals surface area contributed by atoms with Crippen LogP contribution in [0, 0.1) is 6.92 Å². The number of rotatable bonds is 3. The first-order valence-electron chi connectivity index (χ1n) is 6.34. The Bertz CT molecular complexity index is 446. The molecule has 2 unspecified atom stereocenters. The summed E-state index contributed by atoms with van der Waals surface area (Å²) in [5.74, 6) is 0. The van der Waals surface area contributed by atoms with E-state index in [1.54, 1.807) is 4.90 Å². The summed E-state index contributed by atoms with van der Waals surface area (Å²) >= 11 is 0. The number of nitrogens with two attached hydrogens (primary N) is 1. The lowest BCUT2D eigenvalue weighted by Gasteiger charge is -2.21. The van der Waals surface area contributed by atoms with Crippen molar-refractivity contribution in [2.45, 2.75) is 25.9 Å². The van der Waals surface area contributed by atoms with Gasteiger partial charge < -0.3 is 15.5 Å². The first kappa shape index (κ1) is 12.9. The van der Waals surface area contributed by atoms with E-state index < -0.39 is 0 Å². The van der Waals surface area contributed by atoms with Gasteiger partial charge in [-0.2, -0.15) is 0 Å². The summed E-state index contributed by atoms with van der Waals surface area (Å²) in [6.45, 7) is 5.28. The van der Waals surface area contributed by atoms with Crippen LogP contribution in [0.25, 0.3) is 0 Å². The van der Waals surface area contributed by atoms with Gasteiger partial charge in [-0.3, -0.25) is 0 Å². The van der Waals surface area contributed by atoms with Crippen LogP contribution in [0.2, 0.25) is 0 Å². The Hall–Kier alpha value is -1.55. The lowest BCUT2D eigenvalue weighted by Crippen LogP contribution is -2.40. The molecule has 0 radical (unpaired) electrons. The van der Waals surface area contributed by atoms with Crippen LogP contribution in [0.1, 0.15) is 24.1 Å². The number of urea groups is 1. The molecule has 0 bridgehead atoms. The number of hydrogen-bond donors (Lipinski definition) is 1. The Morgan fingerprint density at radius 2 is 2.22 bits per heavy atom. The standard InChI is InChI=1S/C14H21N3O/c1-10-5-4-6-12(7-10)13-9-17(11(2)8-15)14(18)16(13)3/h4-7,11,13H,8-9,15H2,1-3H3. The second kappa shape index (κ2) is 4.98. The Kier molecular flexibility index (Phi) is 3.57. The average molecular weight is 247 g/mol. The van der Waals surface area contributed by atoms with Crippen molar-refractivity contribution in [3.63, 3.8) is 0 Å². The molecule has 0 aliphatic carbocycles. The fourth-order valence-corrected chi connectivity index (χ4v) is 2.42. The van der Waals surface area contributed by atoms with Gasteiger partial charge >= 0.3 is 6.03 Å². The minimum absolute atomic E-state index is 0.0689. The largest absolute Gasteiger partial charge is 0.328 e. The molecule has 18 heavy (non-hydrogen) atoms. The van der Waals surface area contributed by atoms with Crippen molar-refractivity contribution < 1.29 is 4.79 Å². The van der Waals surface area contributed by atoms with E-state index in [4.69, 9.17) is 5.73 Å². The zero-order valence-electron chi connectivity index (χ0n) is 11.3. The van der Waals surface area contributed by atoms with Gasteiger partial charge in [0.15, 0.2) is 0 Å². The number of aryl methyl sites for hydroxylation is 1. The van der Waals surface area contributed by atoms with Crippen LogP contribution in [0.3, 0.4) is 0 Å². The quantitative estimate of drug-likeness (QED) is 0.884. The van der Waals surface area contributed by atoms with Crippen LogP contribution >= 0.6 is 0 Å². The van der Waals surface area contributed by atoms with Crippen LogP contribution in [-0.2, 0) is 0 Å². The maximum atomic E-state index is 12.2.